The first-order chi connectivity index (χ1) is 15.9. The SMILES string of the molecule is C=C/C=C\C(=C/C)CC(=N)SC(=N)c1coc(C(=O)OCC)c(OCc2ccccc2)c1=O. The Hall–Kier alpha value is -3.65. The van der Waals surface area contributed by atoms with E-state index in [9.17, 15) is 9.59 Å². The van der Waals surface area contributed by atoms with Gasteiger partial charge in [0, 0.05) is 6.42 Å². The third-order valence-corrected chi connectivity index (χ3v) is 5.11. The molecule has 0 aliphatic rings. The first kappa shape index (κ1) is 25.6. The Morgan fingerprint density at radius 3 is 2.61 bits per heavy atom. The lowest BCUT2D eigenvalue weighted by molar-refractivity contribution is 0.0478. The van der Waals surface area contributed by atoms with Crippen LogP contribution < -0.4 is 10.2 Å². The van der Waals surface area contributed by atoms with E-state index < -0.39 is 11.4 Å². The fourth-order valence-corrected chi connectivity index (χ4v) is 3.39. The molecule has 0 radical (unpaired) electrons. The maximum Gasteiger partial charge on any atom is 0.378 e. The molecule has 2 aromatic rings. The van der Waals surface area contributed by atoms with E-state index in [1.165, 1.54) is 0 Å². The van der Waals surface area contributed by atoms with Crippen molar-refractivity contribution in [3.8, 4) is 5.75 Å². The molecule has 0 spiro atoms. The molecule has 0 unspecified atom stereocenters. The summed E-state index contributed by atoms with van der Waals surface area (Å²) in [4.78, 5) is 25.4. The molecule has 0 aliphatic heterocycles. The molecule has 2 rings (SSSR count). The summed E-state index contributed by atoms with van der Waals surface area (Å²) < 4.78 is 16.0. The van der Waals surface area contributed by atoms with Crippen LogP contribution in [0.4, 0.5) is 0 Å². The summed E-state index contributed by atoms with van der Waals surface area (Å²) in [5, 5.41) is 16.5. The molecule has 1 heterocycles. The number of allylic oxidation sites excluding steroid dienone is 5. The highest BCUT2D eigenvalue weighted by atomic mass is 32.2. The van der Waals surface area contributed by atoms with Gasteiger partial charge < -0.3 is 13.9 Å². The van der Waals surface area contributed by atoms with E-state index in [4.69, 9.17) is 24.7 Å². The van der Waals surface area contributed by atoms with Crippen molar-refractivity contribution in [3.05, 3.63) is 100 Å². The lowest BCUT2D eigenvalue weighted by Gasteiger charge is -2.11. The highest BCUT2D eigenvalue weighted by Crippen LogP contribution is 2.22. The Balaban J connectivity index is 2.29. The van der Waals surface area contributed by atoms with Gasteiger partial charge in [0.1, 0.15) is 17.9 Å². The highest BCUT2D eigenvalue weighted by Gasteiger charge is 2.25. The molecule has 1 aromatic carbocycles. The highest BCUT2D eigenvalue weighted by molar-refractivity contribution is 8.26. The summed E-state index contributed by atoms with van der Waals surface area (Å²) >= 11 is 0.826. The Kier molecular flexibility index (Phi) is 10.1. The maximum atomic E-state index is 13.1. The maximum absolute atomic E-state index is 13.1. The minimum atomic E-state index is -0.831. The quantitative estimate of drug-likeness (QED) is 0.207. The van der Waals surface area contributed by atoms with Crippen LogP contribution in [0.5, 0.6) is 5.75 Å². The standard InChI is InChI=1S/C25H26N2O5S/c1-4-7-11-17(5-2)14-20(26)33-24(27)19-16-32-23(25(29)30-6-3)22(21(19)28)31-15-18-12-9-8-10-13-18/h4-5,7-13,16,26-27H,1,6,14-15H2,2-3H3/b11-7-,17-5+,26-20?,27-24?. The summed E-state index contributed by atoms with van der Waals surface area (Å²) in [7, 11) is 0. The molecule has 0 fully saturated rings. The minimum Gasteiger partial charge on any atom is -0.481 e. The lowest BCUT2D eigenvalue weighted by Crippen LogP contribution is -2.21. The number of hydrogen-bond donors (Lipinski definition) is 2. The average Bonchev–Trinajstić information content (AvgIpc) is 2.81. The number of thioether (sulfide) groups is 1. The van der Waals surface area contributed by atoms with Crippen LogP contribution in [0, 0.1) is 10.8 Å². The average molecular weight is 467 g/mol. The largest absolute Gasteiger partial charge is 0.481 e. The second kappa shape index (κ2) is 13.0. The topological polar surface area (TPSA) is 113 Å². The van der Waals surface area contributed by atoms with E-state index in [-0.39, 0.29) is 46.8 Å². The molecular weight excluding hydrogens is 440 g/mol. The Morgan fingerprint density at radius 1 is 1.24 bits per heavy atom. The Morgan fingerprint density at radius 2 is 1.97 bits per heavy atom. The molecule has 1 aromatic heterocycles. The predicted octanol–water partition coefficient (Wildman–Crippen LogP) is 5.51. The van der Waals surface area contributed by atoms with Crippen molar-refractivity contribution < 1.29 is 18.7 Å². The number of ether oxygens (including phenoxy) is 2. The normalized spacial score (nSPS) is 11.3. The van der Waals surface area contributed by atoms with Crippen LogP contribution in [0.15, 0.2) is 82.3 Å². The molecule has 172 valence electrons. The Bertz CT molecular complexity index is 1130. The van der Waals surface area contributed by atoms with Gasteiger partial charge >= 0.3 is 5.97 Å². The van der Waals surface area contributed by atoms with Gasteiger partial charge in [-0.2, -0.15) is 0 Å². The number of rotatable bonds is 10. The van der Waals surface area contributed by atoms with Crippen molar-refractivity contribution in [1.29, 1.82) is 10.8 Å². The summed E-state index contributed by atoms with van der Waals surface area (Å²) in [5.74, 6) is -1.52. The fraction of sp³-hybridized carbons (Fsp3) is 0.200. The van der Waals surface area contributed by atoms with E-state index in [1.54, 1.807) is 19.1 Å². The van der Waals surface area contributed by atoms with Crippen LogP contribution in [-0.4, -0.2) is 22.7 Å². The van der Waals surface area contributed by atoms with Crippen LogP contribution in [0.25, 0.3) is 0 Å². The Labute approximate surface area is 196 Å². The molecule has 7 nitrogen and oxygen atoms in total. The molecule has 8 heteroatoms. The molecule has 0 bridgehead atoms. The zero-order valence-electron chi connectivity index (χ0n) is 18.6. The number of nitrogens with one attached hydrogen (secondary N) is 2. The first-order valence-corrected chi connectivity index (χ1v) is 11.0. The van der Waals surface area contributed by atoms with Gasteiger partial charge in [-0.1, -0.05) is 73.0 Å². The third-order valence-electron chi connectivity index (χ3n) is 4.29. The van der Waals surface area contributed by atoms with E-state index in [0.29, 0.717) is 0 Å². The van der Waals surface area contributed by atoms with Gasteiger partial charge in [0.15, 0.2) is 0 Å². The van der Waals surface area contributed by atoms with Gasteiger partial charge in [-0.25, -0.2) is 4.79 Å². The van der Waals surface area contributed by atoms with Crippen LogP contribution in [0.3, 0.4) is 0 Å². The summed E-state index contributed by atoms with van der Waals surface area (Å²) in [6.45, 7) is 7.23. The predicted molar refractivity (Wildman–Crippen MR) is 132 cm³/mol. The van der Waals surface area contributed by atoms with Crippen LogP contribution >= 0.6 is 11.8 Å². The van der Waals surface area contributed by atoms with Crippen molar-refractivity contribution in [2.45, 2.75) is 26.9 Å². The van der Waals surface area contributed by atoms with E-state index >= 15 is 0 Å². The molecule has 33 heavy (non-hydrogen) atoms. The van der Waals surface area contributed by atoms with E-state index in [2.05, 4.69) is 6.58 Å². The number of carbonyl (C=O) groups excluding carboxylic acids is 1. The van der Waals surface area contributed by atoms with E-state index in [0.717, 1.165) is 29.2 Å². The first-order valence-electron chi connectivity index (χ1n) is 10.2. The van der Waals surface area contributed by atoms with Crippen molar-refractivity contribution in [3.63, 3.8) is 0 Å². The van der Waals surface area contributed by atoms with Crippen molar-refractivity contribution in [2.75, 3.05) is 6.61 Å². The van der Waals surface area contributed by atoms with Gasteiger partial charge in [0.2, 0.25) is 11.2 Å². The second-order valence-corrected chi connectivity index (χ2v) is 7.73. The van der Waals surface area contributed by atoms with Crippen molar-refractivity contribution in [1.82, 2.24) is 0 Å². The van der Waals surface area contributed by atoms with Gasteiger partial charge in [0.05, 0.1) is 17.2 Å². The van der Waals surface area contributed by atoms with Crippen LogP contribution in [-0.2, 0) is 11.3 Å². The molecule has 0 saturated carbocycles. The van der Waals surface area contributed by atoms with Crippen molar-refractivity contribution >= 4 is 27.8 Å². The zero-order chi connectivity index (χ0) is 24.2. The molecule has 2 N–H and O–H groups in total. The van der Waals surface area contributed by atoms with Crippen molar-refractivity contribution in [2.24, 2.45) is 0 Å². The van der Waals surface area contributed by atoms with Gasteiger partial charge in [0.25, 0.3) is 5.76 Å². The van der Waals surface area contributed by atoms with Crippen LogP contribution in [0.2, 0.25) is 0 Å². The number of benzene rings is 1. The molecular formula is C25H26N2O5S. The minimum absolute atomic E-state index is 0.0258. The fourth-order valence-electron chi connectivity index (χ4n) is 2.65. The van der Waals surface area contributed by atoms with Gasteiger partial charge in [-0.3, -0.25) is 15.6 Å². The number of esters is 1. The number of hydrogen-bond acceptors (Lipinski definition) is 8. The van der Waals surface area contributed by atoms with Gasteiger partial charge in [-0.15, -0.1) is 0 Å². The molecule has 0 saturated heterocycles. The smallest absolute Gasteiger partial charge is 0.378 e. The monoisotopic (exact) mass is 466 g/mol. The van der Waals surface area contributed by atoms with Crippen LogP contribution in [0.1, 0.15) is 41.9 Å². The molecule has 0 atom stereocenters. The summed E-state index contributed by atoms with van der Waals surface area (Å²) in [5.41, 5.74) is 0.874. The molecule has 0 amide bonds. The van der Waals surface area contributed by atoms with Gasteiger partial charge in [-0.05, 0) is 25.0 Å². The number of carbonyl (C=O) groups is 1. The third kappa shape index (κ3) is 7.47. The van der Waals surface area contributed by atoms with E-state index in [1.807, 2.05) is 49.4 Å². The zero-order valence-corrected chi connectivity index (χ0v) is 19.4. The lowest BCUT2D eigenvalue weighted by atomic mass is 10.2. The summed E-state index contributed by atoms with van der Waals surface area (Å²) in [6, 6.07) is 9.13. The second-order valence-electron chi connectivity index (χ2n) is 6.62. The molecule has 0 aliphatic carbocycles. The summed E-state index contributed by atoms with van der Waals surface area (Å²) in [6.07, 6.45) is 8.39.